The lowest BCUT2D eigenvalue weighted by Gasteiger charge is -2.33. The Morgan fingerprint density at radius 3 is 2.80 bits per heavy atom. The number of hydrogen-bond acceptors (Lipinski definition) is 5. The minimum Gasteiger partial charge on any atom is -0.370 e. The summed E-state index contributed by atoms with van der Waals surface area (Å²) in [6.45, 7) is 4.97. The van der Waals surface area contributed by atoms with Crippen LogP contribution in [0.1, 0.15) is 56.1 Å². The molecule has 1 aromatic carbocycles. The van der Waals surface area contributed by atoms with Crippen LogP contribution in [-0.4, -0.2) is 44.3 Å². The van der Waals surface area contributed by atoms with Gasteiger partial charge < -0.3 is 15.2 Å². The number of aryl methyl sites for hydroxylation is 2. The van der Waals surface area contributed by atoms with E-state index in [0.717, 1.165) is 31.6 Å². The number of carbonyl (C=O) groups is 2. The van der Waals surface area contributed by atoms with Crippen LogP contribution < -0.4 is 5.73 Å². The number of aromatic nitrogens is 3. The molecule has 0 fully saturated rings. The SMILES string of the molecule is CC(C)Cn1c(CCC(N)=O)nnc1SCC(=O)N(C)C1CCCc2ccccc21. The molecular formula is C22H31N5O2S. The number of primary amides is 1. The number of nitrogens with two attached hydrogens (primary N) is 1. The highest BCUT2D eigenvalue weighted by Gasteiger charge is 2.27. The summed E-state index contributed by atoms with van der Waals surface area (Å²) < 4.78 is 2.02. The Morgan fingerprint density at radius 2 is 2.07 bits per heavy atom. The van der Waals surface area contributed by atoms with Gasteiger partial charge in [0.1, 0.15) is 5.82 Å². The number of rotatable bonds is 9. The van der Waals surface area contributed by atoms with E-state index in [9.17, 15) is 9.59 Å². The molecule has 2 N–H and O–H groups in total. The van der Waals surface area contributed by atoms with E-state index in [2.05, 4.69) is 42.2 Å². The van der Waals surface area contributed by atoms with Crippen molar-refractivity contribution >= 4 is 23.6 Å². The highest BCUT2D eigenvalue weighted by molar-refractivity contribution is 7.99. The number of thioether (sulfide) groups is 1. The molecule has 7 nitrogen and oxygen atoms in total. The molecule has 1 aromatic heterocycles. The maximum atomic E-state index is 13.0. The summed E-state index contributed by atoms with van der Waals surface area (Å²) in [5.41, 5.74) is 7.89. The first kappa shape index (κ1) is 22.3. The Kier molecular flexibility index (Phi) is 7.53. The van der Waals surface area contributed by atoms with Gasteiger partial charge in [0.15, 0.2) is 5.16 Å². The third-order valence-electron chi connectivity index (χ3n) is 5.46. The van der Waals surface area contributed by atoms with Crippen LogP contribution in [0.4, 0.5) is 0 Å². The monoisotopic (exact) mass is 429 g/mol. The van der Waals surface area contributed by atoms with Gasteiger partial charge in [-0.25, -0.2) is 0 Å². The lowest BCUT2D eigenvalue weighted by atomic mass is 9.87. The summed E-state index contributed by atoms with van der Waals surface area (Å²) in [4.78, 5) is 26.0. The molecule has 2 aromatic rings. The molecule has 1 heterocycles. The van der Waals surface area contributed by atoms with Crippen molar-refractivity contribution in [2.75, 3.05) is 12.8 Å². The Balaban J connectivity index is 1.67. The molecule has 1 atom stereocenters. The zero-order valence-corrected chi connectivity index (χ0v) is 18.8. The maximum Gasteiger partial charge on any atom is 0.233 e. The molecule has 30 heavy (non-hydrogen) atoms. The van der Waals surface area contributed by atoms with Crippen LogP contribution in [0.15, 0.2) is 29.4 Å². The first-order valence-corrected chi connectivity index (χ1v) is 11.5. The molecule has 1 unspecified atom stereocenters. The minimum atomic E-state index is -0.354. The van der Waals surface area contributed by atoms with E-state index in [4.69, 9.17) is 5.73 Å². The molecule has 0 spiro atoms. The topological polar surface area (TPSA) is 94.1 Å². The fourth-order valence-corrected chi connectivity index (χ4v) is 4.82. The van der Waals surface area contributed by atoms with Gasteiger partial charge in [0.05, 0.1) is 11.8 Å². The number of benzene rings is 1. The molecule has 8 heteroatoms. The molecule has 0 saturated heterocycles. The normalized spacial score (nSPS) is 15.8. The Labute approximate surface area is 182 Å². The molecule has 0 radical (unpaired) electrons. The third-order valence-corrected chi connectivity index (χ3v) is 6.41. The van der Waals surface area contributed by atoms with Crippen LogP contribution in [0.5, 0.6) is 0 Å². The molecule has 3 rings (SSSR count). The summed E-state index contributed by atoms with van der Waals surface area (Å²) in [5.74, 6) is 1.17. The predicted molar refractivity (Wildman–Crippen MR) is 118 cm³/mol. The van der Waals surface area contributed by atoms with Gasteiger partial charge in [-0.1, -0.05) is 49.9 Å². The fraction of sp³-hybridized carbons (Fsp3) is 0.545. The second-order valence-corrected chi connectivity index (χ2v) is 9.21. The second kappa shape index (κ2) is 10.1. The van der Waals surface area contributed by atoms with Gasteiger partial charge in [0.2, 0.25) is 11.8 Å². The van der Waals surface area contributed by atoms with E-state index < -0.39 is 0 Å². The second-order valence-electron chi connectivity index (χ2n) is 8.27. The van der Waals surface area contributed by atoms with Crippen molar-refractivity contribution in [1.82, 2.24) is 19.7 Å². The first-order valence-electron chi connectivity index (χ1n) is 10.5. The zero-order valence-electron chi connectivity index (χ0n) is 18.0. The summed E-state index contributed by atoms with van der Waals surface area (Å²) in [5, 5.41) is 9.24. The Hall–Kier alpha value is -2.35. The summed E-state index contributed by atoms with van der Waals surface area (Å²) >= 11 is 1.41. The van der Waals surface area contributed by atoms with Crippen molar-refractivity contribution in [3.63, 3.8) is 0 Å². The lowest BCUT2D eigenvalue weighted by Crippen LogP contribution is -2.34. The van der Waals surface area contributed by atoms with Crippen molar-refractivity contribution in [2.45, 2.75) is 63.7 Å². The number of nitrogens with zero attached hydrogens (tertiary/aromatic N) is 4. The molecule has 0 saturated carbocycles. The van der Waals surface area contributed by atoms with Gasteiger partial charge in [-0.15, -0.1) is 10.2 Å². The van der Waals surface area contributed by atoms with Gasteiger partial charge >= 0.3 is 0 Å². The van der Waals surface area contributed by atoms with Crippen molar-refractivity contribution in [3.05, 3.63) is 41.2 Å². The maximum absolute atomic E-state index is 13.0. The van der Waals surface area contributed by atoms with Crippen LogP contribution >= 0.6 is 11.8 Å². The highest BCUT2D eigenvalue weighted by atomic mass is 32.2. The van der Waals surface area contributed by atoms with Gasteiger partial charge in [0, 0.05) is 26.4 Å². The van der Waals surface area contributed by atoms with Crippen molar-refractivity contribution < 1.29 is 9.59 Å². The lowest BCUT2D eigenvalue weighted by molar-refractivity contribution is -0.129. The summed E-state index contributed by atoms with van der Waals surface area (Å²) in [6, 6.07) is 8.54. The Bertz CT molecular complexity index is 895. The van der Waals surface area contributed by atoms with Crippen LogP contribution in [0.3, 0.4) is 0 Å². The molecule has 0 aliphatic heterocycles. The van der Waals surface area contributed by atoms with E-state index in [1.54, 1.807) is 0 Å². The summed E-state index contributed by atoms with van der Waals surface area (Å²) in [7, 11) is 1.90. The summed E-state index contributed by atoms with van der Waals surface area (Å²) in [6.07, 6.45) is 3.87. The highest BCUT2D eigenvalue weighted by Crippen LogP contribution is 2.34. The van der Waals surface area contributed by atoms with Crippen LogP contribution in [0.2, 0.25) is 0 Å². The van der Waals surface area contributed by atoms with Gasteiger partial charge in [-0.2, -0.15) is 0 Å². The largest absolute Gasteiger partial charge is 0.370 e. The van der Waals surface area contributed by atoms with Crippen molar-refractivity contribution in [2.24, 2.45) is 11.7 Å². The number of hydrogen-bond donors (Lipinski definition) is 1. The first-order chi connectivity index (χ1) is 14.4. The van der Waals surface area contributed by atoms with Crippen molar-refractivity contribution in [1.29, 1.82) is 0 Å². The zero-order chi connectivity index (χ0) is 21.7. The average molecular weight is 430 g/mol. The average Bonchev–Trinajstić information content (AvgIpc) is 3.10. The molecule has 162 valence electrons. The van der Waals surface area contributed by atoms with E-state index in [1.165, 1.54) is 22.9 Å². The van der Waals surface area contributed by atoms with Gasteiger partial charge in [-0.05, 0) is 36.3 Å². The van der Waals surface area contributed by atoms with Crippen LogP contribution in [0.25, 0.3) is 0 Å². The molecule has 2 amide bonds. The number of carbonyl (C=O) groups excluding carboxylic acids is 2. The quantitative estimate of drug-likeness (QED) is 0.619. The molecule has 1 aliphatic carbocycles. The molecular weight excluding hydrogens is 398 g/mol. The van der Waals surface area contributed by atoms with E-state index in [-0.39, 0.29) is 24.3 Å². The standard InChI is InChI=1S/C22H31N5O2S/c1-15(2)13-27-20(12-11-19(23)28)24-25-22(27)30-14-21(29)26(3)18-10-6-8-16-7-4-5-9-17(16)18/h4-5,7,9,15,18H,6,8,10-14H2,1-3H3,(H2,23,28). The smallest absolute Gasteiger partial charge is 0.233 e. The molecule has 1 aliphatic rings. The third kappa shape index (κ3) is 5.41. The fourth-order valence-electron chi connectivity index (χ4n) is 3.93. The van der Waals surface area contributed by atoms with Crippen LogP contribution in [-0.2, 0) is 29.0 Å². The van der Waals surface area contributed by atoms with Crippen molar-refractivity contribution in [3.8, 4) is 0 Å². The Morgan fingerprint density at radius 1 is 1.30 bits per heavy atom. The number of amides is 2. The minimum absolute atomic E-state index is 0.0829. The van der Waals surface area contributed by atoms with Gasteiger partial charge in [0.25, 0.3) is 0 Å². The van der Waals surface area contributed by atoms with Crippen LogP contribution in [0, 0.1) is 5.92 Å². The van der Waals surface area contributed by atoms with E-state index in [0.29, 0.717) is 23.2 Å². The van der Waals surface area contributed by atoms with Gasteiger partial charge in [-0.3, -0.25) is 9.59 Å². The van der Waals surface area contributed by atoms with E-state index in [1.807, 2.05) is 22.6 Å². The molecule has 0 bridgehead atoms. The predicted octanol–water partition coefficient (Wildman–Crippen LogP) is 2.98. The van der Waals surface area contributed by atoms with E-state index >= 15 is 0 Å². The number of fused-ring (bicyclic) bond motifs is 1.